The zero-order valence-corrected chi connectivity index (χ0v) is 6.97. The molecule has 1 fully saturated rings. The van der Waals surface area contributed by atoms with Crippen molar-refractivity contribution in [2.75, 3.05) is 6.61 Å². The first kappa shape index (κ1) is 9.94. The number of rotatable bonds is 2. The van der Waals surface area contributed by atoms with Gasteiger partial charge in [-0.15, -0.1) is 0 Å². The third kappa shape index (κ3) is 2.16. The molecule has 0 aromatic carbocycles. The molecule has 2 N–H and O–H groups in total. The van der Waals surface area contributed by atoms with Crippen molar-refractivity contribution in [2.24, 2.45) is 0 Å². The van der Waals surface area contributed by atoms with E-state index in [1.54, 1.807) is 6.92 Å². The van der Waals surface area contributed by atoms with Gasteiger partial charge in [-0.1, -0.05) is 0 Å². The van der Waals surface area contributed by atoms with Gasteiger partial charge in [-0.2, -0.15) is 0 Å². The van der Waals surface area contributed by atoms with Gasteiger partial charge in [-0.05, 0) is 6.92 Å². The molecule has 6 heteroatoms. The molecule has 74 valence electrons. The van der Waals surface area contributed by atoms with Crippen molar-refractivity contribution in [3.05, 3.63) is 0 Å². The van der Waals surface area contributed by atoms with Gasteiger partial charge in [0.05, 0.1) is 12.7 Å². The van der Waals surface area contributed by atoms with Crippen molar-refractivity contribution in [1.29, 1.82) is 0 Å². The fourth-order valence-electron chi connectivity index (χ4n) is 1.08. The zero-order valence-electron chi connectivity index (χ0n) is 6.97. The van der Waals surface area contributed by atoms with E-state index >= 15 is 0 Å². The SMILES string of the molecule is CC1COC(C(=O)O)C(C(=O)O)O1. The summed E-state index contributed by atoms with van der Waals surface area (Å²) in [5.74, 6) is -2.64. The molecule has 1 aliphatic rings. The monoisotopic (exact) mass is 190 g/mol. The molecule has 0 radical (unpaired) electrons. The van der Waals surface area contributed by atoms with Gasteiger partial charge in [0.15, 0.2) is 12.2 Å². The molecule has 0 saturated carbocycles. The molecular formula is C7H10O6. The van der Waals surface area contributed by atoms with Crippen LogP contribution in [0.25, 0.3) is 0 Å². The predicted octanol–water partition coefficient (Wildman–Crippen LogP) is -0.672. The summed E-state index contributed by atoms with van der Waals surface area (Å²) < 4.78 is 9.74. The molecule has 13 heavy (non-hydrogen) atoms. The normalized spacial score (nSPS) is 34.1. The van der Waals surface area contributed by atoms with Crippen molar-refractivity contribution in [1.82, 2.24) is 0 Å². The molecule has 0 aliphatic carbocycles. The van der Waals surface area contributed by atoms with Gasteiger partial charge in [0.2, 0.25) is 0 Å². The average molecular weight is 190 g/mol. The number of ether oxygens (including phenoxy) is 2. The van der Waals surface area contributed by atoms with Crippen LogP contribution in [0.2, 0.25) is 0 Å². The van der Waals surface area contributed by atoms with Crippen LogP contribution in [0.15, 0.2) is 0 Å². The van der Waals surface area contributed by atoms with Crippen LogP contribution in [-0.4, -0.2) is 47.1 Å². The first-order valence-corrected chi connectivity index (χ1v) is 3.75. The molecule has 0 amide bonds. The molecule has 0 spiro atoms. The first-order valence-electron chi connectivity index (χ1n) is 3.75. The maximum absolute atomic E-state index is 10.5. The lowest BCUT2D eigenvalue weighted by molar-refractivity contribution is -0.206. The lowest BCUT2D eigenvalue weighted by atomic mass is 10.1. The fraction of sp³-hybridized carbons (Fsp3) is 0.714. The third-order valence-corrected chi connectivity index (χ3v) is 1.65. The van der Waals surface area contributed by atoms with Gasteiger partial charge in [-0.25, -0.2) is 9.59 Å². The minimum Gasteiger partial charge on any atom is -0.479 e. The van der Waals surface area contributed by atoms with Gasteiger partial charge in [0.25, 0.3) is 0 Å². The summed E-state index contributed by atoms with van der Waals surface area (Å²) in [5, 5.41) is 17.2. The maximum Gasteiger partial charge on any atom is 0.336 e. The molecule has 0 aromatic heterocycles. The summed E-state index contributed by atoms with van der Waals surface area (Å²) in [4.78, 5) is 21.1. The van der Waals surface area contributed by atoms with E-state index in [4.69, 9.17) is 19.7 Å². The highest BCUT2D eigenvalue weighted by atomic mass is 16.6. The number of hydrogen-bond acceptors (Lipinski definition) is 4. The second-order valence-electron chi connectivity index (χ2n) is 2.80. The number of carboxylic acid groups (broad SMARTS) is 2. The van der Waals surface area contributed by atoms with E-state index in [-0.39, 0.29) is 6.61 Å². The van der Waals surface area contributed by atoms with Crippen molar-refractivity contribution in [3.63, 3.8) is 0 Å². The fourth-order valence-corrected chi connectivity index (χ4v) is 1.08. The Morgan fingerprint density at radius 2 is 1.77 bits per heavy atom. The van der Waals surface area contributed by atoms with Crippen LogP contribution >= 0.6 is 0 Å². The van der Waals surface area contributed by atoms with E-state index in [1.807, 2.05) is 0 Å². The van der Waals surface area contributed by atoms with E-state index in [1.165, 1.54) is 0 Å². The van der Waals surface area contributed by atoms with Crippen LogP contribution in [0.5, 0.6) is 0 Å². The number of carbonyl (C=O) groups is 2. The first-order chi connectivity index (χ1) is 6.02. The standard InChI is InChI=1S/C7H10O6/c1-3-2-12-4(6(8)9)5(13-3)7(10)11/h3-5H,2H2,1H3,(H,8,9)(H,10,11). The molecule has 0 aromatic rings. The van der Waals surface area contributed by atoms with Gasteiger partial charge >= 0.3 is 11.9 Å². The Kier molecular flexibility index (Phi) is 2.84. The van der Waals surface area contributed by atoms with Gasteiger partial charge in [0.1, 0.15) is 0 Å². The van der Waals surface area contributed by atoms with E-state index in [2.05, 4.69) is 0 Å². The quantitative estimate of drug-likeness (QED) is 0.599. The Balaban J connectivity index is 2.72. The lowest BCUT2D eigenvalue weighted by Gasteiger charge is -2.30. The molecule has 1 rings (SSSR count). The minimum atomic E-state index is -1.42. The molecule has 1 aliphatic heterocycles. The van der Waals surface area contributed by atoms with Gasteiger partial charge in [0, 0.05) is 0 Å². The number of aliphatic carboxylic acids is 2. The molecule has 3 unspecified atom stereocenters. The van der Waals surface area contributed by atoms with Crippen LogP contribution in [-0.2, 0) is 19.1 Å². The highest BCUT2D eigenvalue weighted by Gasteiger charge is 2.40. The van der Waals surface area contributed by atoms with E-state index in [0.717, 1.165) is 0 Å². The van der Waals surface area contributed by atoms with E-state index in [0.29, 0.717) is 0 Å². The Morgan fingerprint density at radius 1 is 1.23 bits per heavy atom. The number of hydrogen-bond donors (Lipinski definition) is 2. The Bertz CT molecular complexity index is 225. The van der Waals surface area contributed by atoms with E-state index in [9.17, 15) is 9.59 Å². The third-order valence-electron chi connectivity index (χ3n) is 1.65. The Labute approximate surface area is 74.1 Å². The maximum atomic E-state index is 10.5. The van der Waals surface area contributed by atoms with E-state index < -0.39 is 30.3 Å². The van der Waals surface area contributed by atoms with Gasteiger partial charge in [-0.3, -0.25) is 0 Å². The predicted molar refractivity (Wildman–Crippen MR) is 39.3 cm³/mol. The summed E-state index contributed by atoms with van der Waals surface area (Å²) in [6.45, 7) is 1.72. The Morgan fingerprint density at radius 3 is 2.23 bits per heavy atom. The molecule has 6 nitrogen and oxygen atoms in total. The molecular weight excluding hydrogens is 180 g/mol. The van der Waals surface area contributed by atoms with Crippen molar-refractivity contribution < 1.29 is 29.3 Å². The van der Waals surface area contributed by atoms with Gasteiger partial charge < -0.3 is 19.7 Å². The van der Waals surface area contributed by atoms with Crippen molar-refractivity contribution in [3.8, 4) is 0 Å². The Hall–Kier alpha value is -1.14. The summed E-state index contributed by atoms with van der Waals surface area (Å²) in [7, 11) is 0. The topological polar surface area (TPSA) is 93.1 Å². The van der Waals surface area contributed by atoms with Crippen LogP contribution < -0.4 is 0 Å². The van der Waals surface area contributed by atoms with Crippen molar-refractivity contribution >= 4 is 11.9 Å². The zero-order chi connectivity index (χ0) is 10.0. The summed E-state index contributed by atoms with van der Waals surface area (Å²) in [6.07, 6.45) is -3.22. The summed E-state index contributed by atoms with van der Waals surface area (Å²) >= 11 is 0. The number of carboxylic acids is 2. The van der Waals surface area contributed by atoms with Crippen LogP contribution in [0.3, 0.4) is 0 Å². The van der Waals surface area contributed by atoms with Crippen LogP contribution in [0, 0.1) is 0 Å². The summed E-state index contributed by atoms with van der Waals surface area (Å²) in [6, 6.07) is 0. The molecule has 0 bridgehead atoms. The molecule has 1 saturated heterocycles. The molecule has 3 atom stereocenters. The highest BCUT2D eigenvalue weighted by Crippen LogP contribution is 2.15. The summed E-state index contributed by atoms with van der Waals surface area (Å²) in [5.41, 5.74) is 0. The largest absolute Gasteiger partial charge is 0.479 e. The van der Waals surface area contributed by atoms with Crippen molar-refractivity contribution in [2.45, 2.75) is 25.2 Å². The smallest absolute Gasteiger partial charge is 0.336 e. The average Bonchev–Trinajstić information content (AvgIpc) is 2.03. The highest BCUT2D eigenvalue weighted by molar-refractivity contribution is 5.83. The van der Waals surface area contributed by atoms with Crippen LogP contribution in [0.4, 0.5) is 0 Å². The second-order valence-corrected chi connectivity index (χ2v) is 2.80. The molecule has 1 heterocycles. The second kappa shape index (κ2) is 3.71. The van der Waals surface area contributed by atoms with Crippen LogP contribution in [0.1, 0.15) is 6.92 Å². The minimum absolute atomic E-state index is 0.0980. The lowest BCUT2D eigenvalue weighted by Crippen LogP contribution is -2.50.